The van der Waals surface area contributed by atoms with E-state index >= 15 is 0 Å². The van der Waals surface area contributed by atoms with Gasteiger partial charge in [-0.05, 0) is 57.2 Å². The zero-order valence-corrected chi connectivity index (χ0v) is 19.5. The molecule has 3 rings (SSSR count). The number of amides is 2. The fraction of sp³-hybridized carbons (Fsp3) is 0.238. The van der Waals surface area contributed by atoms with Gasteiger partial charge in [0.05, 0.1) is 11.0 Å². The van der Waals surface area contributed by atoms with Gasteiger partial charge < -0.3 is 14.8 Å². The molecule has 0 radical (unpaired) electrons. The minimum atomic E-state index is -4.13. The zero-order chi connectivity index (χ0) is 23.5. The lowest BCUT2D eigenvalue weighted by Crippen LogP contribution is -2.30. The fourth-order valence-corrected chi connectivity index (χ4v) is 4.48. The molecule has 168 valence electrons. The molecule has 0 aliphatic carbocycles. The van der Waals surface area contributed by atoms with Crippen LogP contribution in [0.15, 0.2) is 57.6 Å². The van der Waals surface area contributed by atoms with Gasteiger partial charge in [0, 0.05) is 18.2 Å². The number of nitrogens with zero attached hydrogens (tertiary/aromatic N) is 2. The number of anilines is 1. The van der Waals surface area contributed by atoms with Crippen LogP contribution in [0.2, 0.25) is 0 Å². The predicted octanol–water partition coefficient (Wildman–Crippen LogP) is 3.05. The number of benzene rings is 2. The molecular formula is C21H22N4O5S2. The Balaban J connectivity index is 1.82. The van der Waals surface area contributed by atoms with Crippen LogP contribution < -0.4 is 14.8 Å². The molecule has 1 saturated heterocycles. The van der Waals surface area contributed by atoms with E-state index in [2.05, 4.69) is 20.8 Å². The third-order valence-electron chi connectivity index (χ3n) is 4.29. The standard InChI is InChI=1S/C21H22N4O5S2/c1-13-5-10-18(15(11-13)12-22-25-20-24-19(27)21(3,4)31-20)30-32(28,29)17-8-6-16(7-9-17)23-14(2)26/h5-12H,1-4H3,(H,23,26)(H,24,25,27). The summed E-state index contributed by atoms with van der Waals surface area (Å²) >= 11 is 1.25. The first-order chi connectivity index (χ1) is 15.0. The molecule has 0 spiro atoms. The second-order valence-corrected chi connectivity index (χ2v) is 10.7. The van der Waals surface area contributed by atoms with E-state index in [0.717, 1.165) is 5.56 Å². The molecular weight excluding hydrogens is 452 g/mol. The Morgan fingerprint density at radius 1 is 1.19 bits per heavy atom. The Bertz CT molecular complexity index is 1220. The molecule has 1 aliphatic heterocycles. The number of nitrogens with one attached hydrogen (secondary N) is 2. The van der Waals surface area contributed by atoms with Crippen molar-refractivity contribution in [2.45, 2.75) is 37.3 Å². The lowest BCUT2D eigenvalue weighted by atomic mass is 10.1. The van der Waals surface area contributed by atoms with Crippen molar-refractivity contribution in [3.63, 3.8) is 0 Å². The van der Waals surface area contributed by atoms with Gasteiger partial charge in [-0.25, -0.2) is 0 Å². The van der Waals surface area contributed by atoms with Gasteiger partial charge in [0.1, 0.15) is 4.90 Å². The Hall–Kier alpha value is -3.18. The summed E-state index contributed by atoms with van der Waals surface area (Å²) in [4.78, 5) is 22.9. The first-order valence-electron chi connectivity index (χ1n) is 9.50. The number of aryl methyl sites for hydroxylation is 1. The van der Waals surface area contributed by atoms with Gasteiger partial charge in [-0.3, -0.25) is 9.59 Å². The van der Waals surface area contributed by atoms with Gasteiger partial charge in [0.15, 0.2) is 10.9 Å². The van der Waals surface area contributed by atoms with Gasteiger partial charge in [-0.15, -0.1) is 5.10 Å². The summed E-state index contributed by atoms with van der Waals surface area (Å²) in [7, 11) is -4.13. The van der Waals surface area contributed by atoms with E-state index in [9.17, 15) is 18.0 Å². The number of rotatable bonds is 6. The average Bonchev–Trinajstić information content (AvgIpc) is 2.95. The maximum Gasteiger partial charge on any atom is 0.339 e. The molecule has 32 heavy (non-hydrogen) atoms. The molecule has 0 atom stereocenters. The summed E-state index contributed by atoms with van der Waals surface area (Å²) < 4.78 is 30.2. The number of carbonyl (C=O) groups is 2. The fourth-order valence-electron chi connectivity index (χ4n) is 2.67. The first kappa shape index (κ1) is 23.5. The van der Waals surface area contributed by atoms with Crippen LogP contribution in [-0.4, -0.2) is 36.4 Å². The van der Waals surface area contributed by atoms with Crippen molar-refractivity contribution in [1.29, 1.82) is 0 Å². The number of hydrogen-bond acceptors (Lipinski definition) is 8. The third-order valence-corrected chi connectivity index (χ3v) is 6.61. The molecule has 2 N–H and O–H groups in total. The molecule has 2 aromatic rings. The maximum atomic E-state index is 12.7. The number of carbonyl (C=O) groups excluding carboxylic acids is 2. The Morgan fingerprint density at radius 2 is 1.88 bits per heavy atom. The summed E-state index contributed by atoms with van der Waals surface area (Å²) in [6.07, 6.45) is 1.36. The summed E-state index contributed by atoms with van der Waals surface area (Å²) in [5, 5.41) is 13.5. The molecule has 9 nitrogen and oxygen atoms in total. The van der Waals surface area contributed by atoms with Crippen LogP contribution in [0.5, 0.6) is 5.75 Å². The highest BCUT2D eigenvalue weighted by Crippen LogP contribution is 2.30. The van der Waals surface area contributed by atoms with Gasteiger partial charge in [-0.1, -0.05) is 23.4 Å². The molecule has 11 heteroatoms. The number of amidine groups is 1. The van der Waals surface area contributed by atoms with Crippen LogP contribution >= 0.6 is 11.8 Å². The smallest absolute Gasteiger partial charge is 0.339 e. The maximum absolute atomic E-state index is 12.7. The van der Waals surface area contributed by atoms with Crippen LogP contribution in [0, 0.1) is 6.92 Å². The van der Waals surface area contributed by atoms with Crippen molar-refractivity contribution >= 4 is 50.8 Å². The molecule has 2 amide bonds. The van der Waals surface area contributed by atoms with Crippen molar-refractivity contribution in [2.24, 2.45) is 10.2 Å². The summed E-state index contributed by atoms with van der Waals surface area (Å²) in [5.41, 5.74) is 1.74. The molecule has 1 aliphatic rings. The molecule has 2 aromatic carbocycles. The van der Waals surface area contributed by atoms with Crippen molar-refractivity contribution in [2.75, 3.05) is 5.32 Å². The van der Waals surface area contributed by atoms with Crippen LogP contribution in [0.4, 0.5) is 5.69 Å². The monoisotopic (exact) mass is 474 g/mol. The second kappa shape index (κ2) is 9.13. The van der Waals surface area contributed by atoms with Gasteiger partial charge in [0.2, 0.25) is 11.8 Å². The normalized spacial score (nSPS) is 16.9. The molecule has 0 saturated carbocycles. The average molecular weight is 475 g/mol. The number of hydrogen-bond donors (Lipinski definition) is 2. The van der Waals surface area contributed by atoms with Gasteiger partial charge >= 0.3 is 10.1 Å². The topological polar surface area (TPSA) is 126 Å². The van der Waals surface area contributed by atoms with Gasteiger partial charge in [0.25, 0.3) is 0 Å². The third kappa shape index (κ3) is 5.74. The summed E-state index contributed by atoms with van der Waals surface area (Å²) in [6, 6.07) is 10.6. The lowest BCUT2D eigenvalue weighted by Gasteiger charge is -2.10. The van der Waals surface area contributed by atoms with Crippen molar-refractivity contribution < 1.29 is 22.2 Å². The number of thioether (sulfide) groups is 1. The Morgan fingerprint density at radius 3 is 2.47 bits per heavy atom. The van der Waals surface area contributed by atoms with Crippen LogP contribution in [0.1, 0.15) is 31.9 Å². The highest BCUT2D eigenvalue weighted by molar-refractivity contribution is 8.16. The molecule has 0 bridgehead atoms. The van der Waals surface area contributed by atoms with Gasteiger partial charge in [-0.2, -0.15) is 13.5 Å². The van der Waals surface area contributed by atoms with Crippen molar-refractivity contribution in [1.82, 2.24) is 5.32 Å². The van der Waals surface area contributed by atoms with Crippen LogP contribution in [0.3, 0.4) is 0 Å². The van der Waals surface area contributed by atoms with E-state index in [4.69, 9.17) is 4.18 Å². The van der Waals surface area contributed by atoms with Crippen LogP contribution in [-0.2, 0) is 19.7 Å². The minimum Gasteiger partial charge on any atom is -0.378 e. The summed E-state index contributed by atoms with van der Waals surface area (Å²) in [5.74, 6) is -0.344. The summed E-state index contributed by atoms with van der Waals surface area (Å²) in [6.45, 7) is 6.76. The van der Waals surface area contributed by atoms with E-state index in [-0.39, 0.29) is 22.5 Å². The van der Waals surface area contributed by atoms with Crippen LogP contribution in [0.25, 0.3) is 0 Å². The molecule has 0 unspecified atom stereocenters. The minimum absolute atomic E-state index is 0.0670. The highest BCUT2D eigenvalue weighted by Gasteiger charge is 2.38. The van der Waals surface area contributed by atoms with Crippen molar-refractivity contribution in [3.8, 4) is 5.75 Å². The zero-order valence-electron chi connectivity index (χ0n) is 17.9. The van der Waals surface area contributed by atoms with Crippen molar-refractivity contribution in [3.05, 3.63) is 53.6 Å². The molecule has 1 fully saturated rings. The van der Waals surface area contributed by atoms with E-state index in [0.29, 0.717) is 16.4 Å². The van der Waals surface area contributed by atoms with E-state index in [1.54, 1.807) is 26.0 Å². The highest BCUT2D eigenvalue weighted by atomic mass is 32.2. The largest absolute Gasteiger partial charge is 0.378 e. The Kier molecular flexibility index (Phi) is 6.70. The van der Waals surface area contributed by atoms with E-state index in [1.165, 1.54) is 55.2 Å². The lowest BCUT2D eigenvalue weighted by molar-refractivity contribution is -0.120. The SMILES string of the molecule is CC(=O)Nc1ccc(S(=O)(=O)Oc2ccc(C)cc2C=N/N=C2\NC(=O)C(C)(C)S2)cc1. The predicted molar refractivity (Wildman–Crippen MR) is 125 cm³/mol. The second-order valence-electron chi connectivity index (χ2n) is 7.50. The van der Waals surface area contributed by atoms with E-state index in [1.807, 2.05) is 6.92 Å². The van der Waals surface area contributed by atoms with E-state index < -0.39 is 14.9 Å². The molecule has 1 heterocycles. The quantitative estimate of drug-likeness (QED) is 0.376. The first-order valence-corrected chi connectivity index (χ1v) is 11.7. The molecule has 0 aromatic heterocycles. The Labute approximate surface area is 190 Å².